The van der Waals surface area contributed by atoms with E-state index in [4.69, 9.17) is 42.1 Å². The number of esters is 2. The summed E-state index contributed by atoms with van der Waals surface area (Å²) in [5.74, 6) is 0.154. The first-order chi connectivity index (χ1) is 23.5. The largest absolute Gasteiger partial charge is 0.490 e. The topological polar surface area (TPSA) is 115 Å². The fourth-order valence-corrected chi connectivity index (χ4v) is 7.26. The molecule has 1 aliphatic heterocycles. The molecule has 0 bridgehead atoms. The molecule has 0 aliphatic carbocycles. The van der Waals surface area contributed by atoms with Crippen molar-refractivity contribution in [1.82, 2.24) is 4.57 Å². The van der Waals surface area contributed by atoms with E-state index < -0.39 is 18.0 Å². The number of ether oxygens (including phenoxy) is 5. The van der Waals surface area contributed by atoms with Crippen molar-refractivity contribution >= 4 is 75.1 Å². The molecule has 4 aromatic rings. The molecule has 0 saturated heterocycles. The predicted octanol–water partition coefficient (Wildman–Crippen LogP) is 6.24. The van der Waals surface area contributed by atoms with E-state index >= 15 is 0 Å². The molecule has 1 atom stereocenters. The van der Waals surface area contributed by atoms with Crippen molar-refractivity contribution in [3.8, 4) is 17.2 Å². The Morgan fingerprint density at radius 3 is 2.45 bits per heavy atom. The highest BCUT2D eigenvalue weighted by atomic mass is 127. The monoisotopic (exact) mass is 836 g/mol. The number of fused-ring (bicyclic) bond motifs is 1. The van der Waals surface area contributed by atoms with Gasteiger partial charge in [-0.3, -0.25) is 9.36 Å². The molecule has 0 saturated carbocycles. The number of rotatable bonds is 12. The van der Waals surface area contributed by atoms with Gasteiger partial charge in [-0.15, -0.1) is 0 Å². The van der Waals surface area contributed by atoms with E-state index in [1.165, 1.54) is 23.0 Å². The van der Waals surface area contributed by atoms with Gasteiger partial charge in [0.25, 0.3) is 5.56 Å². The lowest BCUT2D eigenvalue weighted by Crippen LogP contribution is -2.40. The van der Waals surface area contributed by atoms with Gasteiger partial charge >= 0.3 is 11.9 Å². The number of carbonyl (C=O) groups excluding carboxylic acids is 2. The lowest BCUT2D eigenvalue weighted by Gasteiger charge is -2.25. The van der Waals surface area contributed by atoms with Crippen molar-refractivity contribution in [2.75, 3.05) is 26.9 Å². The van der Waals surface area contributed by atoms with Crippen LogP contribution < -0.4 is 29.1 Å². The second-order valence-corrected chi connectivity index (χ2v) is 13.5. The normalized spacial score (nSPS) is 14.2. The molecule has 1 aliphatic rings. The quantitative estimate of drug-likeness (QED) is 0.122. The van der Waals surface area contributed by atoms with E-state index in [0.717, 1.165) is 14.7 Å². The van der Waals surface area contributed by atoms with Gasteiger partial charge in [0.2, 0.25) is 0 Å². The molecule has 0 unspecified atom stereocenters. The molecule has 3 aromatic carbocycles. The molecule has 1 aromatic heterocycles. The standard InChI is InChI=1S/C35H31Cl2IN2O8S/c1-5-45-28-15-21(9-12-27(28)48-18-30(41)44-4)32-31(34(43)46-6-2)19(3)39-35-40(32)33(42)29(49-35)14-20-7-11-26(25(38)13-20)47-17-22-8-10-23(36)16-24(22)37/h7-16,32H,5-6,17-18H2,1-4H3/b29-14-/t32-/m0/s1. The van der Waals surface area contributed by atoms with Crippen LogP contribution in [0.2, 0.25) is 10.0 Å². The van der Waals surface area contributed by atoms with Crippen molar-refractivity contribution in [2.45, 2.75) is 33.4 Å². The first-order valence-electron chi connectivity index (χ1n) is 15.1. The van der Waals surface area contributed by atoms with Crippen LogP contribution in [0.5, 0.6) is 17.2 Å². The Morgan fingerprint density at radius 1 is 0.980 bits per heavy atom. The number of carbonyl (C=O) groups is 2. The average Bonchev–Trinajstić information content (AvgIpc) is 3.37. The molecule has 10 nitrogen and oxygen atoms in total. The minimum Gasteiger partial charge on any atom is -0.490 e. The second-order valence-electron chi connectivity index (χ2n) is 10.5. The summed E-state index contributed by atoms with van der Waals surface area (Å²) in [7, 11) is 1.27. The van der Waals surface area contributed by atoms with E-state index in [9.17, 15) is 14.4 Å². The summed E-state index contributed by atoms with van der Waals surface area (Å²) < 4.78 is 30.3. The highest BCUT2D eigenvalue weighted by Crippen LogP contribution is 2.36. The maximum absolute atomic E-state index is 14.1. The Morgan fingerprint density at radius 2 is 1.76 bits per heavy atom. The molecule has 256 valence electrons. The number of allylic oxidation sites excluding steroid dienone is 1. The molecule has 0 fully saturated rings. The van der Waals surface area contributed by atoms with Crippen molar-refractivity contribution in [3.05, 3.63) is 116 Å². The van der Waals surface area contributed by atoms with Gasteiger partial charge in [0, 0.05) is 15.6 Å². The summed E-state index contributed by atoms with van der Waals surface area (Å²) >= 11 is 15.7. The molecule has 0 radical (unpaired) electrons. The molecule has 5 rings (SSSR count). The number of methoxy groups -OCH3 is 1. The van der Waals surface area contributed by atoms with Gasteiger partial charge in [-0.2, -0.15) is 0 Å². The van der Waals surface area contributed by atoms with Crippen LogP contribution in [0, 0.1) is 3.57 Å². The molecule has 0 spiro atoms. The first kappa shape index (κ1) is 36.4. The number of aromatic nitrogens is 1. The van der Waals surface area contributed by atoms with Crippen LogP contribution in [-0.4, -0.2) is 43.4 Å². The number of thiazole rings is 1. The SMILES string of the molecule is CCOC(=O)C1=C(C)N=c2s/c(=C\c3ccc(OCc4ccc(Cl)cc4Cl)c(I)c3)c(=O)n2[C@H]1c1ccc(OCC(=O)OC)c(OCC)c1. The van der Waals surface area contributed by atoms with E-state index in [2.05, 4.69) is 32.3 Å². The average molecular weight is 838 g/mol. The fraction of sp³-hybridized carbons (Fsp3) is 0.257. The van der Waals surface area contributed by atoms with Gasteiger partial charge in [-0.05, 0) is 97.0 Å². The van der Waals surface area contributed by atoms with Crippen molar-refractivity contribution in [3.63, 3.8) is 0 Å². The molecule has 2 heterocycles. The third-order valence-electron chi connectivity index (χ3n) is 7.33. The zero-order chi connectivity index (χ0) is 35.2. The Balaban J connectivity index is 1.53. The molecular weight excluding hydrogens is 806 g/mol. The molecule has 14 heteroatoms. The molecule has 0 amide bonds. The Kier molecular flexibility index (Phi) is 12.1. The summed E-state index contributed by atoms with van der Waals surface area (Å²) in [6.45, 7) is 5.62. The van der Waals surface area contributed by atoms with Crippen LogP contribution in [0.3, 0.4) is 0 Å². The van der Waals surface area contributed by atoms with Gasteiger partial charge in [0.05, 0.1) is 45.7 Å². The third kappa shape index (κ3) is 8.31. The lowest BCUT2D eigenvalue weighted by atomic mass is 9.95. The predicted molar refractivity (Wildman–Crippen MR) is 195 cm³/mol. The van der Waals surface area contributed by atoms with E-state index in [1.54, 1.807) is 50.3 Å². The van der Waals surface area contributed by atoms with Crippen LogP contribution in [0.25, 0.3) is 6.08 Å². The number of nitrogens with zero attached hydrogens (tertiary/aromatic N) is 2. The van der Waals surface area contributed by atoms with Crippen LogP contribution in [0.15, 0.2) is 75.7 Å². The van der Waals surface area contributed by atoms with Crippen molar-refractivity contribution in [1.29, 1.82) is 0 Å². The van der Waals surface area contributed by atoms with Crippen LogP contribution >= 0.6 is 57.1 Å². The van der Waals surface area contributed by atoms with Gasteiger partial charge < -0.3 is 23.7 Å². The highest BCUT2D eigenvalue weighted by Gasteiger charge is 2.34. The van der Waals surface area contributed by atoms with Crippen molar-refractivity contribution < 1.29 is 33.3 Å². The molecule has 49 heavy (non-hydrogen) atoms. The minimum atomic E-state index is -0.873. The fourth-order valence-electron chi connectivity index (χ4n) is 5.05. The second kappa shape index (κ2) is 16.2. The summed E-state index contributed by atoms with van der Waals surface area (Å²) in [6.07, 6.45) is 1.78. The van der Waals surface area contributed by atoms with Gasteiger partial charge in [0.1, 0.15) is 12.4 Å². The molecule has 0 N–H and O–H groups in total. The van der Waals surface area contributed by atoms with E-state index in [0.29, 0.717) is 54.5 Å². The Hall–Kier alpha value is -3.85. The lowest BCUT2D eigenvalue weighted by molar-refractivity contribution is -0.143. The number of hydrogen-bond donors (Lipinski definition) is 0. The van der Waals surface area contributed by atoms with E-state index in [-0.39, 0.29) is 31.0 Å². The summed E-state index contributed by atoms with van der Waals surface area (Å²) in [5, 5.41) is 1.07. The van der Waals surface area contributed by atoms with Crippen LogP contribution in [0.4, 0.5) is 0 Å². The molecular formula is C35H31Cl2IN2O8S. The first-order valence-corrected chi connectivity index (χ1v) is 17.7. The number of benzene rings is 3. The third-order valence-corrected chi connectivity index (χ3v) is 9.74. The van der Waals surface area contributed by atoms with Crippen LogP contribution in [0.1, 0.15) is 43.5 Å². The van der Waals surface area contributed by atoms with Gasteiger partial charge in [-0.25, -0.2) is 14.6 Å². The van der Waals surface area contributed by atoms with Gasteiger partial charge in [-0.1, -0.05) is 52.7 Å². The smallest absolute Gasteiger partial charge is 0.343 e. The van der Waals surface area contributed by atoms with Crippen molar-refractivity contribution in [2.24, 2.45) is 4.99 Å². The minimum absolute atomic E-state index is 0.141. The van der Waals surface area contributed by atoms with E-state index in [1.807, 2.05) is 31.2 Å². The maximum Gasteiger partial charge on any atom is 0.343 e. The summed E-state index contributed by atoms with van der Waals surface area (Å²) in [4.78, 5) is 44.3. The zero-order valence-electron chi connectivity index (χ0n) is 26.9. The Bertz CT molecular complexity index is 2130. The highest BCUT2D eigenvalue weighted by molar-refractivity contribution is 14.1. The Labute approximate surface area is 309 Å². The summed E-state index contributed by atoms with van der Waals surface area (Å²) in [5.41, 5.74) is 2.46. The summed E-state index contributed by atoms with van der Waals surface area (Å²) in [6, 6.07) is 15.0. The number of hydrogen-bond acceptors (Lipinski definition) is 10. The zero-order valence-corrected chi connectivity index (χ0v) is 31.4. The maximum atomic E-state index is 14.1. The number of halogens is 3. The van der Waals surface area contributed by atoms with Crippen LogP contribution in [-0.2, 0) is 25.7 Å². The van der Waals surface area contributed by atoms with Gasteiger partial charge in [0.15, 0.2) is 22.9 Å².